The predicted molar refractivity (Wildman–Crippen MR) is 99.2 cm³/mol. The first-order valence-corrected chi connectivity index (χ1v) is 8.36. The summed E-state index contributed by atoms with van der Waals surface area (Å²) in [7, 11) is 0. The fraction of sp³-hybridized carbons (Fsp3) is 0.0556. The minimum absolute atomic E-state index is 0.145. The van der Waals surface area contributed by atoms with E-state index in [1.165, 1.54) is 0 Å². The van der Waals surface area contributed by atoms with E-state index in [4.69, 9.17) is 0 Å². The van der Waals surface area contributed by atoms with Crippen LogP contribution in [-0.2, 0) is 0 Å². The lowest BCUT2D eigenvalue weighted by atomic mass is 10.1. The van der Waals surface area contributed by atoms with Gasteiger partial charge >= 0.3 is 5.97 Å². The van der Waals surface area contributed by atoms with Crippen LogP contribution in [0.15, 0.2) is 35.3 Å². The van der Waals surface area contributed by atoms with Crippen molar-refractivity contribution in [3.05, 3.63) is 62.6 Å². The molecule has 3 heterocycles. The summed E-state index contributed by atoms with van der Waals surface area (Å²) in [5.41, 5.74) is 2.16. The lowest BCUT2D eigenvalue weighted by Gasteiger charge is -1.97. The third-order valence-electron chi connectivity index (χ3n) is 4.02. The molecule has 4 rings (SSSR count). The Labute approximate surface area is 145 Å². The Morgan fingerprint density at radius 2 is 2.12 bits per heavy atom. The zero-order chi connectivity index (χ0) is 17.6. The number of benzene rings is 1. The van der Waals surface area contributed by atoms with Crippen LogP contribution in [0.3, 0.4) is 0 Å². The van der Waals surface area contributed by atoms with Gasteiger partial charge in [0.15, 0.2) is 0 Å². The molecule has 0 aliphatic heterocycles. The Hall–Kier alpha value is -3.19. The highest BCUT2D eigenvalue weighted by atomic mass is 32.1. The number of aryl methyl sites for hydroxylation is 1. The summed E-state index contributed by atoms with van der Waals surface area (Å²) < 4.78 is 0. The molecule has 1 aromatic carbocycles. The Morgan fingerprint density at radius 3 is 2.92 bits per heavy atom. The van der Waals surface area contributed by atoms with Crippen LogP contribution in [0.1, 0.15) is 26.6 Å². The fourth-order valence-electron chi connectivity index (χ4n) is 2.79. The van der Waals surface area contributed by atoms with Gasteiger partial charge in [-0.3, -0.25) is 4.79 Å². The molecule has 0 aliphatic rings. The van der Waals surface area contributed by atoms with Gasteiger partial charge in [-0.2, -0.15) is 0 Å². The van der Waals surface area contributed by atoms with E-state index in [0.717, 1.165) is 27.8 Å². The van der Waals surface area contributed by atoms with Crippen LogP contribution in [-0.4, -0.2) is 26.0 Å². The van der Waals surface area contributed by atoms with E-state index in [9.17, 15) is 14.7 Å². The normalized spacial score (nSPS) is 11.7. The molecule has 124 valence electrons. The van der Waals surface area contributed by atoms with Crippen LogP contribution in [0.5, 0.6) is 0 Å². The van der Waals surface area contributed by atoms with E-state index >= 15 is 0 Å². The predicted octanol–water partition coefficient (Wildman–Crippen LogP) is 3.64. The molecule has 0 saturated heterocycles. The standard InChI is InChI=1S/C18H13N3O3S/c1-9-14-16(22)20-13(21-17(14)25-15(9)18(23)24)5-3-10-2-4-12-11(8-10)6-7-19-12/h2-8,19H,1H3,(H,23,24)(H,20,21,22)/b5-3+. The smallest absolute Gasteiger partial charge is 0.346 e. The van der Waals surface area contributed by atoms with Crippen LogP contribution in [0.2, 0.25) is 0 Å². The quantitative estimate of drug-likeness (QED) is 0.525. The summed E-state index contributed by atoms with van der Waals surface area (Å²) in [5.74, 6) is -0.651. The summed E-state index contributed by atoms with van der Waals surface area (Å²) >= 11 is 1.02. The van der Waals surface area contributed by atoms with Gasteiger partial charge in [-0.25, -0.2) is 9.78 Å². The number of H-pyrrole nitrogens is 2. The van der Waals surface area contributed by atoms with Crippen molar-refractivity contribution in [1.82, 2.24) is 15.0 Å². The third kappa shape index (κ3) is 2.64. The van der Waals surface area contributed by atoms with Crippen LogP contribution in [0.4, 0.5) is 0 Å². The van der Waals surface area contributed by atoms with Gasteiger partial charge in [0.1, 0.15) is 15.5 Å². The molecule has 3 aromatic heterocycles. The minimum Gasteiger partial charge on any atom is -0.477 e. The zero-order valence-electron chi connectivity index (χ0n) is 13.2. The number of hydrogen-bond acceptors (Lipinski definition) is 4. The number of carbonyl (C=O) groups is 1. The number of carboxylic acid groups (broad SMARTS) is 1. The maximum absolute atomic E-state index is 12.3. The van der Waals surface area contributed by atoms with E-state index in [-0.39, 0.29) is 10.4 Å². The van der Waals surface area contributed by atoms with Crippen molar-refractivity contribution >= 4 is 50.6 Å². The number of fused-ring (bicyclic) bond motifs is 2. The van der Waals surface area contributed by atoms with E-state index in [2.05, 4.69) is 15.0 Å². The van der Waals surface area contributed by atoms with Crippen LogP contribution in [0, 0.1) is 6.92 Å². The molecule has 25 heavy (non-hydrogen) atoms. The summed E-state index contributed by atoms with van der Waals surface area (Å²) in [6.07, 6.45) is 5.45. The van der Waals surface area contributed by atoms with Crippen LogP contribution < -0.4 is 5.56 Å². The first-order chi connectivity index (χ1) is 12.0. The van der Waals surface area contributed by atoms with Crippen molar-refractivity contribution in [2.45, 2.75) is 6.92 Å². The molecular weight excluding hydrogens is 338 g/mol. The molecule has 0 atom stereocenters. The molecule has 0 aliphatic carbocycles. The van der Waals surface area contributed by atoms with Gasteiger partial charge in [0.25, 0.3) is 5.56 Å². The summed E-state index contributed by atoms with van der Waals surface area (Å²) in [6.45, 7) is 1.63. The SMILES string of the molecule is Cc1c(C(=O)O)sc2nc(/C=C/c3ccc4[nH]ccc4c3)[nH]c(=O)c12. The number of rotatable bonds is 3. The number of thiophene rings is 1. The topological polar surface area (TPSA) is 98.8 Å². The first kappa shape index (κ1) is 15.3. The number of carboxylic acids is 1. The number of nitrogens with one attached hydrogen (secondary N) is 2. The number of aromatic nitrogens is 3. The lowest BCUT2D eigenvalue weighted by Crippen LogP contribution is -2.09. The van der Waals surface area contributed by atoms with Crippen LogP contribution in [0.25, 0.3) is 33.3 Å². The molecule has 0 bridgehead atoms. The number of hydrogen-bond donors (Lipinski definition) is 3. The zero-order valence-corrected chi connectivity index (χ0v) is 14.0. The van der Waals surface area contributed by atoms with Crippen molar-refractivity contribution in [2.24, 2.45) is 0 Å². The van der Waals surface area contributed by atoms with Crippen molar-refractivity contribution < 1.29 is 9.90 Å². The maximum Gasteiger partial charge on any atom is 0.346 e. The third-order valence-corrected chi connectivity index (χ3v) is 5.20. The molecule has 0 radical (unpaired) electrons. The second kappa shape index (κ2) is 5.71. The van der Waals surface area contributed by atoms with Gasteiger partial charge in [0, 0.05) is 11.7 Å². The first-order valence-electron chi connectivity index (χ1n) is 7.55. The molecule has 6 nitrogen and oxygen atoms in total. The van der Waals surface area contributed by atoms with Gasteiger partial charge in [-0.15, -0.1) is 11.3 Å². The number of aromatic amines is 2. The number of aromatic carboxylic acids is 1. The van der Waals surface area contributed by atoms with E-state index in [1.54, 1.807) is 13.0 Å². The van der Waals surface area contributed by atoms with Gasteiger partial charge in [-0.1, -0.05) is 12.1 Å². The van der Waals surface area contributed by atoms with Crippen molar-refractivity contribution in [1.29, 1.82) is 0 Å². The molecule has 7 heteroatoms. The molecule has 0 unspecified atom stereocenters. The summed E-state index contributed by atoms with van der Waals surface area (Å²) in [5, 5.41) is 10.6. The molecule has 0 spiro atoms. The summed E-state index contributed by atoms with van der Waals surface area (Å²) in [6, 6.07) is 7.96. The van der Waals surface area contributed by atoms with Crippen LogP contribution >= 0.6 is 11.3 Å². The molecule has 3 N–H and O–H groups in total. The second-order valence-corrected chi connectivity index (χ2v) is 6.65. The van der Waals surface area contributed by atoms with Gasteiger partial charge < -0.3 is 15.1 Å². The fourth-order valence-corrected chi connectivity index (χ4v) is 3.82. The highest BCUT2D eigenvalue weighted by Crippen LogP contribution is 2.27. The highest BCUT2D eigenvalue weighted by Gasteiger charge is 2.18. The van der Waals surface area contributed by atoms with Crippen molar-refractivity contribution in [2.75, 3.05) is 0 Å². The Kier molecular flexibility index (Phi) is 3.51. The molecule has 0 amide bonds. The molecule has 0 saturated carbocycles. The number of nitrogens with zero attached hydrogens (tertiary/aromatic N) is 1. The van der Waals surface area contributed by atoms with E-state index in [1.807, 2.05) is 36.5 Å². The van der Waals surface area contributed by atoms with Crippen molar-refractivity contribution in [3.8, 4) is 0 Å². The monoisotopic (exact) mass is 351 g/mol. The molecule has 4 aromatic rings. The van der Waals surface area contributed by atoms with Crippen molar-refractivity contribution in [3.63, 3.8) is 0 Å². The Morgan fingerprint density at radius 1 is 1.28 bits per heavy atom. The van der Waals surface area contributed by atoms with E-state index < -0.39 is 5.97 Å². The van der Waals surface area contributed by atoms with E-state index in [0.29, 0.717) is 21.6 Å². The largest absolute Gasteiger partial charge is 0.477 e. The minimum atomic E-state index is -1.04. The van der Waals surface area contributed by atoms with Gasteiger partial charge in [-0.05, 0) is 47.7 Å². The summed E-state index contributed by atoms with van der Waals surface area (Å²) in [4.78, 5) is 34.3. The Balaban J connectivity index is 1.76. The molecule has 0 fully saturated rings. The maximum atomic E-state index is 12.3. The Bertz CT molecular complexity index is 1210. The van der Waals surface area contributed by atoms with Gasteiger partial charge in [0.05, 0.1) is 5.39 Å². The highest BCUT2D eigenvalue weighted by molar-refractivity contribution is 7.20. The van der Waals surface area contributed by atoms with Gasteiger partial charge in [0.2, 0.25) is 0 Å². The molecular formula is C18H13N3O3S. The lowest BCUT2D eigenvalue weighted by molar-refractivity contribution is 0.0701. The average molecular weight is 351 g/mol. The average Bonchev–Trinajstić information content (AvgIpc) is 3.17. The second-order valence-electron chi connectivity index (χ2n) is 5.65.